The van der Waals surface area contributed by atoms with Crippen LogP contribution in [-0.2, 0) is 11.2 Å². The number of hydrogen-bond acceptors (Lipinski definition) is 2. The Balaban J connectivity index is 2.06. The molecule has 0 unspecified atom stereocenters. The van der Waals surface area contributed by atoms with Crippen molar-refractivity contribution in [1.82, 2.24) is 4.98 Å². The molecular weight excluding hydrogens is 238 g/mol. The normalized spacial score (nSPS) is 11.5. The summed E-state index contributed by atoms with van der Waals surface area (Å²) in [6.07, 6.45) is 1.91. The average molecular weight is 257 g/mol. The number of hydrogen-bond donors (Lipinski definition) is 0. The van der Waals surface area contributed by atoms with Crippen LogP contribution < -0.4 is 0 Å². The molecule has 0 radical (unpaired) electrons. The van der Waals surface area contributed by atoms with Crippen LogP contribution in [0.25, 0.3) is 0 Å². The topological polar surface area (TPSA) is 12.9 Å². The minimum absolute atomic E-state index is 0.186. The van der Waals surface area contributed by atoms with Crippen molar-refractivity contribution in [2.75, 3.05) is 0 Å². The minimum atomic E-state index is 0.186. The summed E-state index contributed by atoms with van der Waals surface area (Å²) in [5, 5.41) is 1.10. The molecule has 0 bridgehead atoms. The quantitative estimate of drug-likeness (QED) is 0.741. The van der Waals surface area contributed by atoms with Gasteiger partial charge in [-0.15, -0.1) is 11.8 Å². The summed E-state index contributed by atoms with van der Waals surface area (Å²) in [6.45, 7) is 6.69. The lowest BCUT2D eigenvalue weighted by atomic mass is 9.88. The van der Waals surface area contributed by atoms with Crippen molar-refractivity contribution < 1.29 is 0 Å². The zero-order chi connectivity index (χ0) is 13.0. The van der Waals surface area contributed by atoms with Crippen molar-refractivity contribution in [2.45, 2.75) is 37.0 Å². The van der Waals surface area contributed by atoms with Gasteiger partial charge in [0.2, 0.25) is 0 Å². The van der Waals surface area contributed by atoms with Gasteiger partial charge in [0, 0.05) is 11.9 Å². The van der Waals surface area contributed by atoms with Crippen molar-refractivity contribution in [1.29, 1.82) is 0 Å². The fourth-order valence-corrected chi connectivity index (χ4v) is 2.54. The molecule has 0 amide bonds. The highest BCUT2D eigenvalue weighted by Gasteiger charge is 2.14. The second kappa shape index (κ2) is 5.57. The molecule has 18 heavy (non-hydrogen) atoms. The standard InChI is InChI=1S/C16H19NS/c1-16(2,3)14-9-10-17-15(11-14)18-12-13-7-5-4-6-8-13/h4-11H,12H2,1-3H3. The van der Waals surface area contributed by atoms with Crippen LogP contribution in [0.2, 0.25) is 0 Å². The predicted molar refractivity (Wildman–Crippen MR) is 78.9 cm³/mol. The Bertz CT molecular complexity index is 500. The first-order valence-electron chi connectivity index (χ1n) is 6.19. The Kier molecular flexibility index (Phi) is 4.07. The average Bonchev–Trinajstić information content (AvgIpc) is 2.37. The fraction of sp³-hybridized carbons (Fsp3) is 0.312. The zero-order valence-corrected chi connectivity index (χ0v) is 12.0. The van der Waals surface area contributed by atoms with E-state index in [1.807, 2.05) is 12.3 Å². The molecule has 94 valence electrons. The van der Waals surface area contributed by atoms with E-state index < -0.39 is 0 Å². The molecule has 1 aromatic heterocycles. The molecule has 0 spiro atoms. The van der Waals surface area contributed by atoms with E-state index in [4.69, 9.17) is 0 Å². The number of pyridine rings is 1. The molecule has 0 aliphatic rings. The lowest BCUT2D eigenvalue weighted by molar-refractivity contribution is 0.587. The van der Waals surface area contributed by atoms with E-state index in [0.29, 0.717) is 0 Å². The maximum absolute atomic E-state index is 4.43. The van der Waals surface area contributed by atoms with Gasteiger partial charge < -0.3 is 0 Å². The van der Waals surface area contributed by atoms with Crippen LogP contribution in [0.3, 0.4) is 0 Å². The van der Waals surface area contributed by atoms with Crippen LogP contribution in [0.15, 0.2) is 53.7 Å². The lowest BCUT2D eigenvalue weighted by Crippen LogP contribution is -2.11. The van der Waals surface area contributed by atoms with E-state index in [1.54, 1.807) is 11.8 Å². The molecule has 0 fully saturated rings. The van der Waals surface area contributed by atoms with Crippen molar-refractivity contribution in [3.05, 3.63) is 59.8 Å². The Morgan fingerprint density at radius 1 is 1.06 bits per heavy atom. The van der Waals surface area contributed by atoms with Crippen LogP contribution in [0.4, 0.5) is 0 Å². The van der Waals surface area contributed by atoms with E-state index in [2.05, 4.69) is 62.2 Å². The maximum atomic E-state index is 4.43. The molecule has 1 aromatic carbocycles. The number of thioether (sulfide) groups is 1. The molecule has 0 aliphatic heterocycles. The Hall–Kier alpha value is -1.28. The third-order valence-corrected chi connectivity index (χ3v) is 3.83. The summed E-state index contributed by atoms with van der Waals surface area (Å²) in [4.78, 5) is 4.43. The van der Waals surface area contributed by atoms with Gasteiger partial charge in [0.15, 0.2) is 0 Å². The highest BCUT2D eigenvalue weighted by Crippen LogP contribution is 2.27. The van der Waals surface area contributed by atoms with Crippen LogP contribution in [0.1, 0.15) is 31.9 Å². The molecule has 0 N–H and O–H groups in total. The van der Waals surface area contributed by atoms with Gasteiger partial charge >= 0.3 is 0 Å². The number of nitrogens with zero attached hydrogens (tertiary/aromatic N) is 1. The van der Waals surface area contributed by atoms with Crippen molar-refractivity contribution in [2.24, 2.45) is 0 Å². The van der Waals surface area contributed by atoms with Crippen LogP contribution in [0, 0.1) is 0 Å². The predicted octanol–water partition coefficient (Wildman–Crippen LogP) is 4.67. The molecule has 0 saturated carbocycles. The first-order valence-corrected chi connectivity index (χ1v) is 7.17. The third-order valence-electron chi connectivity index (χ3n) is 2.83. The molecule has 1 nitrogen and oxygen atoms in total. The van der Waals surface area contributed by atoms with Gasteiger partial charge in [-0.05, 0) is 28.7 Å². The molecule has 1 heterocycles. The summed E-state index contributed by atoms with van der Waals surface area (Å²) in [5.41, 5.74) is 2.86. The van der Waals surface area contributed by atoms with E-state index in [-0.39, 0.29) is 5.41 Å². The SMILES string of the molecule is CC(C)(C)c1ccnc(SCc2ccccc2)c1. The second-order valence-electron chi connectivity index (χ2n) is 5.41. The van der Waals surface area contributed by atoms with E-state index in [1.165, 1.54) is 11.1 Å². The first kappa shape index (κ1) is 13.2. The summed E-state index contributed by atoms with van der Waals surface area (Å²) < 4.78 is 0. The number of aromatic nitrogens is 1. The smallest absolute Gasteiger partial charge is 0.0965 e. The highest BCUT2D eigenvalue weighted by atomic mass is 32.2. The molecule has 0 saturated heterocycles. The third kappa shape index (κ3) is 3.61. The summed E-state index contributed by atoms with van der Waals surface area (Å²) in [7, 11) is 0. The second-order valence-corrected chi connectivity index (χ2v) is 6.40. The maximum Gasteiger partial charge on any atom is 0.0965 e. The Morgan fingerprint density at radius 2 is 1.78 bits per heavy atom. The molecule has 0 aliphatic carbocycles. The van der Waals surface area contributed by atoms with Gasteiger partial charge in [0.05, 0.1) is 5.03 Å². The molecule has 0 atom stereocenters. The molecule has 2 heteroatoms. The van der Waals surface area contributed by atoms with E-state index in [9.17, 15) is 0 Å². The highest BCUT2D eigenvalue weighted by molar-refractivity contribution is 7.98. The number of rotatable bonds is 3. The summed E-state index contributed by atoms with van der Waals surface area (Å²) in [5.74, 6) is 0.974. The largest absolute Gasteiger partial charge is 0.250 e. The minimum Gasteiger partial charge on any atom is -0.250 e. The van der Waals surface area contributed by atoms with Gasteiger partial charge in [-0.1, -0.05) is 51.1 Å². The molecule has 2 rings (SSSR count). The van der Waals surface area contributed by atoms with Crippen molar-refractivity contribution in [3.63, 3.8) is 0 Å². The van der Waals surface area contributed by atoms with E-state index in [0.717, 1.165) is 10.8 Å². The molecule has 2 aromatic rings. The first-order chi connectivity index (χ1) is 8.55. The lowest BCUT2D eigenvalue weighted by Gasteiger charge is -2.19. The van der Waals surface area contributed by atoms with Crippen LogP contribution >= 0.6 is 11.8 Å². The van der Waals surface area contributed by atoms with Crippen LogP contribution in [-0.4, -0.2) is 4.98 Å². The Labute approximate surface area is 114 Å². The van der Waals surface area contributed by atoms with Crippen molar-refractivity contribution >= 4 is 11.8 Å². The van der Waals surface area contributed by atoms with Gasteiger partial charge in [-0.3, -0.25) is 0 Å². The fourth-order valence-electron chi connectivity index (χ4n) is 1.69. The van der Waals surface area contributed by atoms with Gasteiger partial charge in [0.1, 0.15) is 0 Å². The Morgan fingerprint density at radius 3 is 2.44 bits per heavy atom. The van der Waals surface area contributed by atoms with Gasteiger partial charge in [-0.25, -0.2) is 4.98 Å². The number of benzene rings is 1. The zero-order valence-electron chi connectivity index (χ0n) is 11.2. The molecular formula is C16H19NS. The summed E-state index contributed by atoms with van der Waals surface area (Å²) >= 11 is 1.79. The van der Waals surface area contributed by atoms with Gasteiger partial charge in [0.25, 0.3) is 0 Å². The van der Waals surface area contributed by atoms with Crippen molar-refractivity contribution in [3.8, 4) is 0 Å². The van der Waals surface area contributed by atoms with Crippen LogP contribution in [0.5, 0.6) is 0 Å². The monoisotopic (exact) mass is 257 g/mol. The summed E-state index contributed by atoms with van der Waals surface area (Å²) in [6, 6.07) is 14.8. The van der Waals surface area contributed by atoms with E-state index >= 15 is 0 Å². The van der Waals surface area contributed by atoms with Gasteiger partial charge in [-0.2, -0.15) is 0 Å².